The SMILES string of the molecule is CCn1nnc(CO)c1C1CC1. The number of aromatic nitrogens is 3. The van der Waals surface area contributed by atoms with Gasteiger partial charge in [-0.1, -0.05) is 5.21 Å². The quantitative estimate of drug-likeness (QED) is 0.719. The Morgan fingerprint density at radius 3 is 2.83 bits per heavy atom. The molecule has 1 aromatic rings. The van der Waals surface area contributed by atoms with Crippen molar-refractivity contribution in [2.75, 3.05) is 0 Å². The van der Waals surface area contributed by atoms with E-state index in [9.17, 15) is 0 Å². The molecular formula is C8H13N3O. The van der Waals surface area contributed by atoms with Crippen LogP contribution < -0.4 is 0 Å². The van der Waals surface area contributed by atoms with Crippen LogP contribution in [0.4, 0.5) is 0 Å². The smallest absolute Gasteiger partial charge is 0.112 e. The molecule has 0 unspecified atom stereocenters. The fourth-order valence-electron chi connectivity index (χ4n) is 1.51. The number of aliphatic hydroxyl groups excluding tert-OH is 1. The van der Waals surface area contributed by atoms with Gasteiger partial charge in [0.1, 0.15) is 5.69 Å². The molecule has 0 aromatic carbocycles. The molecule has 12 heavy (non-hydrogen) atoms. The van der Waals surface area contributed by atoms with Gasteiger partial charge in [-0.25, -0.2) is 4.68 Å². The van der Waals surface area contributed by atoms with Crippen molar-refractivity contribution < 1.29 is 5.11 Å². The third-order valence-electron chi connectivity index (χ3n) is 2.26. The number of hydrogen-bond acceptors (Lipinski definition) is 3. The van der Waals surface area contributed by atoms with E-state index < -0.39 is 0 Å². The Hall–Kier alpha value is -0.900. The molecule has 0 saturated heterocycles. The fourth-order valence-corrected chi connectivity index (χ4v) is 1.51. The largest absolute Gasteiger partial charge is 0.390 e. The Balaban J connectivity index is 2.36. The first-order chi connectivity index (χ1) is 5.86. The van der Waals surface area contributed by atoms with Gasteiger partial charge in [-0.2, -0.15) is 0 Å². The molecule has 0 radical (unpaired) electrons. The molecule has 1 aliphatic rings. The number of hydrogen-bond donors (Lipinski definition) is 1. The zero-order valence-corrected chi connectivity index (χ0v) is 7.19. The molecule has 4 nitrogen and oxygen atoms in total. The van der Waals surface area contributed by atoms with Crippen LogP contribution in [0.3, 0.4) is 0 Å². The summed E-state index contributed by atoms with van der Waals surface area (Å²) in [5, 5.41) is 16.9. The Morgan fingerprint density at radius 1 is 1.58 bits per heavy atom. The summed E-state index contributed by atoms with van der Waals surface area (Å²) in [6.07, 6.45) is 2.45. The molecule has 1 heterocycles. The van der Waals surface area contributed by atoms with Crippen LogP contribution >= 0.6 is 0 Å². The Labute approximate surface area is 71.2 Å². The predicted octanol–water partition coefficient (Wildman–Crippen LogP) is 0.668. The second-order valence-electron chi connectivity index (χ2n) is 3.17. The first-order valence-electron chi connectivity index (χ1n) is 4.40. The van der Waals surface area contributed by atoms with E-state index in [1.807, 2.05) is 11.6 Å². The van der Waals surface area contributed by atoms with Gasteiger partial charge in [-0.15, -0.1) is 5.10 Å². The van der Waals surface area contributed by atoms with Crippen molar-refractivity contribution in [3.8, 4) is 0 Å². The molecule has 4 heteroatoms. The van der Waals surface area contributed by atoms with E-state index in [2.05, 4.69) is 10.3 Å². The maximum Gasteiger partial charge on any atom is 0.112 e. The highest BCUT2D eigenvalue weighted by Gasteiger charge is 2.30. The van der Waals surface area contributed by atoms with Crippen molar-refractivity contribution in [1.29, 1.82) is 0 Å². The summed E-state index contributed by atoms with van der Waals surface area (Å²) in [4.78, 5) is 0. The minimum absolute atomic E-state index is 0.0197. The summed E-state index contributed by atoms with van der Waals surface area (Å²) < 4.78 is 1.89. The lowest BCUT2D eigenvalue weighted by atomic mass is 10.2. The molecule has 1 fully saturated rings. The lowest BCUT2D eigenvalue weighted by molar-refractivity contribution is 0.275. The Bertz CT molecular complexity index is 256. The summed E-state index contributed by atoms with van der Waals surface area (Å²) in [5.41, 5.74) is 1.92. The minimum atomic E-state index is 0.0197. The molecule has 0 amide bonds. The van der Waals surface area contributed by atoms with Gasteiger partial charge in [0.25, 0.3) is 0 Å². The van der Waals surface area contributed by atoms with E-state index in [-0.39, 0.29) is 6.61 Å². The van der Waals surface area contributed by atoms with E-state index in [0.29, 0.717) is 5.92 Å². The van der Waals surface area contributed by atoms with Gasteiger partial charge in [0.05, 0.1) is 12.3 Å². The van der Waals surface area contributed by atoms with Crippen molar-refractivity contribution >= 4 is 0 Å². The lowest BCUT2D eigenvalue weighted by Gasteiger charge is -2.01. The van der Waals surface area contributed by atoms with Crippen molar-refractivity contribution in [3.63, 3.8) is 0 Å². The molecule has 1 aromatic heterocycles. The van der Waals surface area contributed by atoms with Crippen LogP contribution in [0.5, 0.6) is 0 Å². The summed E-state index contributed by atoms with van der Waals surface area (Å²) in [6, 6.07) is 0. The van der Waals surface area contributed by atoms with E-state index in [4.69, 9.17) is 5.11 Å². The van der Waals surface area contributed by atoms with Crippen LogP contribution in [0, 0.1) is 0 Å². The fraction of sp³-hybridized carbons (Fsp3) is 0.750. The molecule has 1 N–H and O–H groups in total. The van der Waals surface area contributed by atoms with E-state index in [0.717, 1.165) is 17.9 Å². The van der Waals surface area contributed by atoms with E-state index >= 15 is 0 Å². The number of aryl methyl sites for hydroxylation is 1. The molecule has 0 bridgehead atoms. The average molecular weight is 167 g/mol. The van der Waals surface area contributed by atoms with Gasteiger partial charge in [0.15, 0.2) is 0 Å². The van der Waals surface area contributed by atoms with Crippen molar-refractivity contribution in [2.24, 2.45) is 0 Å². The number of nitrogens with zero attached hydrogens (tertiary/aromatic N) is 3. The number of aliphatic hydroxyl groups is 1. The third kappa shape index (κ3) is 1.12. The van der Waals surface area contributed by atoms with Crippen LogP contribution in [-0.4, -0.2) is 20.1 Å². The van der Waals surface area contributed by atoms with Gasteiger partial charge < -0.3 is 5.11 Å². The second kappa shape index (κ2) is 2.86. The molecule has 66 valence electrons. The highest BCUT2D eigenvalue weighted by atomic mass is 16.3. The molecule has 1 aliphatic carbocycles. The second-order valence-corrected chi connectivity index (χ2v) is 3.17. The minimum Gasteiger partial charge on any atom is -0.390 e. The topological polar surface area (TPSA) is 50.9 Å². The van der Waals surface area contributed by atoms with Crippen LogP contribution in [0.25, 0.3) is 0 Å². The van der Waals surface area contributed by atoms with E-state index in [1.165, 1.54) is 12.8 Å². The van der Waals surface area contributed by atoms with Crippen LogP contribution in [0.15, 0.2) is 0 Å². The van der Waals surface area contributed by atoms with Gasteiger partial charge in [-0.05, 0) is 19.8 Å². The standard InChI is InChI=1S/C8H13N3O/c1-2-11-8(6-3-4-6)7(5-12)9-10-11/h6,12H,2-5H2,1H3. The van der Waals surface area contributed by atoms with Gasteiger partial charge >= 0.3 is 0 Å². The first kappa shape index (κ1) is 7.73. The van der Waals surface area contributed by atoms with Crippen LogP contribution in [0.2, 0.25) is 0 Å². The zero-order valence-electron chi connectivity index (χ0n) is 7.19. The van der Waals surface area contributed by atoms with Crippen molar-refractivity contribution in [3.05, 3.63) is 11.4 Å². The van der Waals surface area contributed by atoms with E-state index in [1.54, 1.807) is 0 Å². The summed E-state index contributed by atoms with van der Waals surface area (Å²) in [5.74, 6) is 0.613. The van der Waals surface area contributed by atoms with Gasteiger partial charge in [0, 0.05) is 12.5 Å². The predicted molar refractivity (Wildman–Crippen MR) is 43.6 cm³/mol. The maximum absolute atomic E-state index is 8.99. The van der Waals surface area contributed by atoms with Crippen molar-refractivity contribution in [1.82, 2.24) is 15.0 Å². The average Bonchev–Trinajstić information content (AvgIpc) is 2.85. The van der Waals surface area contributed by atoms with Crippen LogP contribution in [0.1, 0.15) is 37.1 Å². The molecule has 0 aliphatic heterocycles. The first-order valence-corrected chi connectivity index (χ1v) is 4.40. The third-order valence-corrected chi connectivity index (χ3v) is 2.26. The summed E-state index contributed by atoms with van der Waals surface area (Å²) in [7, 11) is 0. The highest BCUT2D eigenvalue weighted by molar-refractivity contribution is 5.19. The maximum atomic E-state index is 8.99. The molecule has 2 rings (SSSR count). The number of rotatable bonds is 3. The van der Waals surface area contributed by atoms with Crippen LogP contribution in [-0.2, 0) is 13.2 Å². The molecule has 0 atom stereocenters. The van der Waals surface area contributed by atoms with Crippen molar-refractivity contribution in [2.45, 2.75) is 38.8 Å². The normalized spacial score (nSPS) is 16.8. The zero-order chi connectivity index (χ0) is 8.55. The summed E-state index contributed by atoms with van der Waals surface area (Å²) in [6.45, 7) is 2.91. The molecular weight excluding hydrogens is 154 g/mol. The lowest BCUT2D eigenvalue weighted by Crippen LogP contribution is -2.02. The molecule has 1 saturated carbocycles. The summed E-state index contributed by atoms with van der Waals surface area (Å²) >= 11 is 0. The Kier molecular flexibility index (Phi) is 1.84. The highest BCUT2D eigenvalue weighted by Crippen LogP contribution is 2.41. The monoisotopic (exact) mass is 167 g/mol. The Morgan fingerprint density at radius 2 is 2.33 bits per heavy atom. The van der Waals surface area contributed by atoms with Gasteiger partial charge in [0.2, 0.25) is 0 Å². The van der Waals surface area contributed by atoms with Gasteiger partial charge in [-0.3, -0.25) is 0 Å². The molecule has 0 spiro atoms.